The Balaban J connectivity index is 1.93. The molecule has 3 heteroatoms. The van der Waals surface area contributed by atoms with Gasteiger partial charge in [-0.2, -0.15) is 0 Å². The van der Waals surface area contributed by atoms with Crippen LogP contribution in [0.4, 0.5) is 0 Å². The number of likely N-dealkylation sites (N-methyl/N-ethyl adjacent to an activating group) is 1. The van der Waals surface area contributed by atoms with Gasteiger partial charge in [-0.3, -0.25) is 0 Å². The van der Waals surface area contributed by atoms with E-state index in [1.807, 2.05) is 18.2 Å². The van der Waals surface area contributed by atoms with E-state index in [0.717, 1.165) is 29.6 Å². The lowest BCUT2D eigenvalue weighted by Gasteiger charge is -2.14. The number of fused-ring (bicyclic) bond motifs is 5. The topological polar surface area (TPSA) is 13.7 Å². The molecule has 0 spiro atoms. The van der Waals surface area contributed by atoms with Crippen LogP contribution in [0.1, 0.15) is 23.0 Å². The van der Waals surface area contributed by atoms with E-state index in [1.165, 1.54) is 11.1 Å². The molecule has 20 heavy (non-hydrogen) atoms. The van der Waals surface area contributed by atoms with Gasteiger partial charge in [-0.05, 0) is 24.3 Å². The average Bonchev–Trinajstić information content (AvgIpc) is 2.78. The molecule has 0 bridgehead atoms. The number of benzene rings is 2. The molecule has 3 atom stereocenters. The fraction of sp³-hybridized carbons (Fsp3) is 0.294. The third kappa shape index (κ3) is 1.83. The number of halogens is 1. The van der Waals surface area contributed by atoms with Gasteiger partial charge in [0.1, 0.15) is 11.5 Å². The Labute approximate surface area is 123 Å². The number of likely N-dealkylation sites (tertiary alicyclic amines) is 1. The zero-order chi connectivity index (χ0) is 13.7. The molecule has 2 aromatic carbocycles. The molecule has 2 nitrogen and oxygen atoms in total. The van der Waals surface area contributed by atoms with E-state index in [2.05, 4.69) is 31.3 Å². The lowest BCUT2D eigenvalue weighted by Crippen LogP contribution is -3.07. The fourth-order valence-electron chi connectivity index (χ4n) is 3.67. The summed E-state index contributed by atoms with van der Waals surface area (Å²) in [5.41, 5.74) is 2.59. The first-order chi connectivity index (χ1) is 9.72. The third-order valence-corrected chi connectivity index (χ3v) is 4.77. The van der Waals surface area contributed by atoms with E-state index in [1.54, 1.807) is 4.90 Å². The predicted molar refractivity (Wildman–Crippen MR) is 80.1 cm³/mol. The second-order valence-electron chi connectivity index (χ2n) is 5.90. The van der Waals surface area contributed by atoms with Crippen LogP contribution in [0.3, 0.4) is 0 Å². The van der Waals surface area contributed by atoms with Gasteiger partial charge in [0.05, 0.1) is 20.1 Å². The van der Waals surface area contributed by atoms with Gasteiger partial charge in [-0.15, -0.1) is 0 Å². The van der Waals surface area contributed by atoms with Gasteiger partial charge in [0, 0.05) is 28.0 Å². The molecule has 2 aliphatic heterocycles. The number of rotatable bonds is 0. The first-order valence-electron chi connectivity index (χ1n) is 7.10. The van der Waals surface area contributed by atoms with Crippen LogP contribution in [-0.4, -0.2) is 20.1 Å². The van der Waals surface area contributed by atoms with Crippen molar-refractivity contribution in [3.8, 4) is 11.5 Å². The van der Waals surface area contributed by atoms with Crippen LogP contribution in [0, 0.1) is 0 Å². The van der Waals surface area contributed by atoms with E-state index in [-0.39, 0.29) is 0 Å². The maximum atomic E-state index is 6.21. The van der Waals surface area contributed by atoms with Crippen molar-refractivity contribution in [1.82, 2.24) is 0 Å². The summed E-state index contributed by atoms with van der Waals surface area (Å²) in [4.78, 5) is 1.57. The molecule has 1 saturated heterocycles. The Hall–Kier alpha value is -1.51. The SMILES string of the molecule is C[NH+]1CC2c3ccccc3Oc3ccc(Cl)cc3C2C1. The highest BCUT2D eigenvalue weighted by Crippen LogP contribution is 2.47. The largest absolute Gasteiger partial charge is 0.457 e. The maximum Gasteiger partial charge on any atom is 0.131 e. The van der Waals surface area contributed by atoms with Crippen molar-refractivity contribution < 1.29 is 9.64 Å². The number of para-hydroxylation sites is 1. The summed E-state index contributed by atoms with van der Waals surface area (Å²) in [5.74, 6) is 2.97. The molecule has 0 radical (unpaired) electrons. The number of hydrogen-bond acceptors (Lipinski definition) is 1. The van der Waals surface area contributed by atoms with Crippen molar-refractivity contribution in [3.05, 3.63) is 58.6 Å². The molecule has 0 aliphatic carbocycles. The molecule has 4 rings (SSSR count). The van der Waals surface area contributed by atoms with Crippen molar-refractivity contribution in [1.29, 1.82) is 0 Å². The zero-order valence-electron chi connectivity index (χ0n) is 11.4. The standard InChI is InChI=1S/C17H16ClNO/c1-19-9-14-12-4-2-3-5-16(12)20-17-7-6-11(18)8-13(17)15(14)10-19/h2-8,14-15H,9-10H2,1H3/p+1. The third-order valence-electron chi connectivity index (χ3n) is 4.53. The van der Waals surface area contributed by atoms with Crippen molar-refractivity contribution in [3.63, 3.8) is 0 Å². The summed E-state index contributed by atoms with van der Waals surface area (Å²) < 4.78 is 6.16. The Morgan fingerprint density at radius 2 is 1.70 bits per heavy atom. The van der Waals surface area contributed by atoms with Gasteiger partial charge in [0.25, 0.3) is 0 Å². The highest BCUT2D eigenvalue weighted by Gasteiger charge is 2.41. The van der Waals surface area contributed by atoms with E-state index < -0.39 is 0 Å². The molecule has 0 aromatic heterocycles. The summed E-state index contributed by atoms with van der Waals surface area (Å²) in [5, 5.41) is 0.793. The Bertz CT molecular complexity index is 670. The van der Waals surface area contributed by atoms with Crippen molar-refractivity contribution >= 4 is 11.6 Å². The molecule has 3 unspecified atom stereocenters. The lowest BCUT2D eigenvalue weighted by molar-refractivity contribution is -0.867. The summed E-state index contributed by atoms with van der Waals surface area (Å²) in [6, 6.07) is 14.4. The molecule has 2 heterocycles. The summed E-state index contributed by atoms with van der Waals surface area (Å²) in [6.07, 6.45) is 0. The highest BCUT2D eigenvalue weighted by atomic mass is 35.5. The second-order valence-corrected chi connectivity index (χ2v) is 6.34. The van der Waals surface area contributed by atoms with Crippen LogP contribution >= 0.6 is 11.6 Å². The Morgan fingerprint density at radius 1 is 1.00 bits per heavy atom. The van der Waals surface area contributed by atoms with E-state index in [4.69, 9.17) is 16.3 Å². The Morgan fingerprint density at radius 3 is 2.55 bits per heavy atom. The van der Waals surface area contributed by atoms with Crippen molar-refractivity contribution in [2.75, 3.05) is 20.1 Å². The molecule has 2 aromatic rings. The van der Waals surface area contributed by atoms with Crippen LogP contribution in [0.25, 0.3) is 0 Å². The number of nitrogens with one attached hydrogen (secondary N) is 1. The molecular weight excluding hydrogens is 270 g/mol. The minimum absolute atomic E-state index is 0.493. The van der Waals surface area contributed by atoms with Crippen LogP contribution < -0.4 is 9.64 Å². The van der Waals surface area contributed by atoms with Crippen LogP contribution in [-0.2, 0) is 0 Å². The summed E-state index contributed by atoms with van der Waals surface area (Å²) in [7, 11) is 2.27. The first-order valence-corrected chi connectivity index (χ1v) is 7.47. The maximum absolute atomic E-state index is 6.21. The molecule has 0 amide bonds. The van der Waals surface area contributed by atoms with Gasteiger partial charge in [0.15, 0.2) is 0 Å². The molecular formula is C17H17ClNO+. The molecule has 0 saturated carbocycles. The summed E-state index contributed by atoms with van der Waals surface area (Å²) >= 11 is 6.21. The monoisotopic (exact) mass is 286 g/mol. The van der Waals surface area contributed by atoms with Crippen molar-refractivity contribution in [2.45, 2.75) is 11.8 Å². The molecule has 2 aliphatic rings. The van der Waals surface area contributed by atoms with Gasteiger partial charge >= 0.3 is 0 Å². The van der Waals surface area contributed by atoms with E-state index in [9.17, 15) is 0 Å². The predicted octanol–water partition coefficient (Wildman–Crippen LogP) is 2.84. The minimum atomic E-state index is 0.493. The lowest BCUT2D eigenvalue weighted by atomic mass is 9.84. The van der Waals surface area contributed by atoms with E-state index in [0.29, 0.717) is 11.8 Å². The number of ether oxygens (including phenoxy) is 1. The number of hydrogen-bond donors (Lipinski definition) is 1. The van der Waals surface area contributed by atoms with E-state index >= 15 is 0 Å². The number of quaternary nitrogens is 1. The van der Waals surface area contributed by atoms with Gasteiger partial charge in [0.2, 0.25) is 0 Å². The first kappa shape index (κ1) is 12.2. The highest BCUT2D eigenvalue weighted by molar-refractivity contribution is 6.30. The smallest absolute Gasteiger partial charge is 0.131 e. The minimum Gasteiger partial charge on any atom is -0.457 e. The van der Waals surface area contributed by atoms with Crippen LogP contribution in [0.15, 0.2) is 42.5 Å². The summed E-state index contributed by atoms with van der Waals surface area (Å²) in [6.45, 7) is 2.28. The molecule has 1 N–H and O–H groups in total. The normalized spacial score (nSPS) is 27.0. The van der Waals surface area contributed by atoms with Gasteiger partial charge in [-0.1, -0.05) is 29.8 Å². The quantitative estimate of drug-likeness (QED) is 0.786. The zero-order valence-corrected chi connectivity index (χ0v) is 12.2. The van der Waals surface area contributed by atoms with Crippen molar-refractivity contribution in [2.24, 2.45) is 0 Å². The second kappa shape index (κ2) is 4.51. The van der Waals surface area contributed by atoms with Crippen LogP contribution in [0.5, 0.6) is 11.5 Å². The van der Waals surface area contributed by atoms with Crippen LogP contribution in [0.2, 0.25) is 5.02 Å². The van der Waals surface area contributed by atoms with Gasteiger partial charge < -0.3 is 9.64 Å². The molecule has 102 valence electrons. The fourth-order valence-corrected chi connectivity index (χ4v) is 3.85. The Kier molecular flexibility index (Phi) is 2.76. The average molecular weight is 287 g/mol. The molecule has 1 fully saturated rings. The van der Waals surface area contributed by atoms with Gasteiger partial charge in [-0.25, -0.2) is 0 Å².